The number of rotatable bonds is 4. The normalized spacial score (nSPS) is 25.0. The number of H-pyrrole nitrogens is 1. The fourth-order valence-corrected chi connectivity index (χ4v) is 6.52. The number of hydrogen-bond donors (Lipinski definition) is 3. The van der Waals surface area contributed by atoms with Crippen LogP contribution in [0, 0.1) is 11.3 Å². The van der Waals surface area contributed by atoms with E-state index in [0.717, 1.165) is 16.8 Å². The fraction of sp³-hybridized carbons (Fsp3) is 0.412. The van der Waals surface area contributed by atoms with Crippen molar-refractivity contribution in [2.75, 3.05) is 26.3 Å². The third kappa shape index (κ3) is 6.57. The van der Waals surface area contributed by atoms with Gasteiger partial charge in [-0.05, 0) is 43.7 Å². The summed E-state index contributed by atoms with van der Waals surface area (Å²) in [6.07, 6.45) is 7.80. The molecular formula is C34H39N5O4. The number of ether oxygens (including phenoxy) is 1. The summed E-state index contributed by atoms with van der Waals surface area (Å²) in [6.45, 7) is 2.08. The number of hydrogen-bond acceptors (Lipinski definition) is 5. The van der Waals surface area contributed by atoms with Gasteiger partial charge in [0.05, 0.1) is 11.1 Å². The largest absolute Gasteiger partial charge is 0.381 e. The third-order valence-corrected chi connectivity index (χ3v) is 9.18. The van der Waals surface area contributed by atoms with Crippen LogP contribution in [0.3, 0.4) is 0 Å². The number of allylic oxidation sites excluding steroid dienone is 2. The second-order valence-electron chi connectivity index (χ2n) is 12.0. The van der Waals surface area contributed by atoms with Gasteiger partial charge in [-0.2, -0.15) is 5.10 Å². The Balaban J connectivity index is 1.22. The molecule has 43 heavy (non-hydrogen) atoms. The lowest BCUT2D eigenvalue weighted by atomic mass is 9.75. The zero-order valence-corrected chi connectivity index (χ0v) is 24.3. The summed E-state index contributed by atoms with van der Waals surface area (Å²) >= 11 is 0. The van der Waals surface area contributed by atoms with Gasteiger partial charge in [-0.3, -0.25) is 19.5 Å². The molecule has 0 radical (unpaired) electrons. The van der Waals surface area contributed by atoms with E-state index >= 15 is 0 Å². The molecule has 224 valence electrons. The molecular weight excluding hydrogens is 542 g/mol. The number of nitrogens with one attached hydrogen (secondary N) is 3. The molecule has 6 rings (SSSR count). The van der Waals surface area contributed by atoms with Gasteiger partial charge in [0.1, 0.15) is 11.7 Å². The van der Waals surface area contributed by atoms with Crippen molar-refractivity contribution in [3.05, 3.63) is 90.1 Å². The van der Waals surface area contributed by atoms with E-state index < -0.39 is 11.5 Å². The summed E-state index contributed by atoms with van der Waals surface area (Å²) in [6, 6.07) is 20.6. The van der Waals surface area contributed by atoms with Crippen molar-refractivity contribution in [1.29, 1.82) is 0 Å². The van der Waals surface area contributed by atoms with Crippen LogP contribution in [-0.4, -0.2) is 71.2 Å². The number of benzene rings is 2. The van der Waals surface area contributed by atoms with Crippen molar-refractivity contribution >= 4 is 17.7 Å². The molecule has 0 bridgehead atoms. The zero-order valence-electron chi connectivity index (χ0n) is 24.3. The predicted octanol–water partition coefficient (Wildman–Crippen LogP) is 3.90. The topological polar surface area (TPSA) is 116 Å². The second-order valence-corrected chi connectivity index (χ2v) is 12.0. The van der Waals surface area contributed by atoms with Crippen LogP contribution in [0.15, 0.2) is 78.9 Å². The van der Waals surface area contributed by atoms with Crippen molar-refractivity contribution in [1.82, 2.24) is 25.7 Å². The molecule has 9 heteroatoms. The van der Waals surface area contributed by atoms with Crippen LogP contribution in [0.2, 0.25) is 0 Å². The van der Waals surface area contributed by atoms with Gasteiger partial charge in [0, 0.05) is 50.2 Å². The Hall–Kier alpha value is -4.24. The van der Waals surface area contributed by atoms with Crippen LogP contribution in [0.25, 0.3) is 11.3 Å². The minimum absolute atomic E-state index is 0.0348. The molecule has 3 atom stereocenters. The van der Waals surface area contributed by atoms with Crippen LogP contribution >= 0.6 is 0 Å². The van der Waals surface area contributed by atoms with Crippen LogP contribution in [-0.2, 0) is 20.7 Å². The van der Waals surface area contributed by atoms with Gasteiger partial charge in [0.15, 0.2) is 0 Å². The van der Waals surface area contributed by atoms with Crippen molar-refractivity contribution in [2.45, 2.75) is 50.6 Å². The summed E-state index contributed by atoms with van der Waals surface area (Å²) < 4.78 is 5.60. The molecule has 1 spiro atoms. The van der Waals surface area contributed by atoms with Gasteiger partial charge >= 0.3 is 0 Å². The first-order valence-electron chi connectivity index (χ1n) is 15.3. The van der Waals surface area contributed by atoms with Crippen LogP contribution in [0.1, 0.15) is 48.2 Å². The van der Waals surface area contributed by atoms with E-state index in [9.17, 15) is 14.4 Å². The van der Waals surface area contributed by atoms with E-state index in [0.29, 0.717) is 70.5 Å². The number of nitrogens with zero attached hydrogens (tertiary/aromatic N) is 2. The minimum Gasteiger partial charge on any atom is -0.381 e. The van der Waals surface area contributed by atoms with Crippen LogP contribution < -0.4 is 10.6 Å². The van der Waals surface area contributed by atoms with Crippen molar-refractivity contribution in [2.24, 2.45) is 11.3 Å². The number of aromatic amines is 1. The van der Waals surface area contributed by atoms with Gasteiger partial charge in [0.25, 0.3) is 5.91 Å². The Bertz CT molecular complexity index is 1450. The van der Waals surface area contributed by atoms with Crippen molar-refractivity contribution in [3.8, 4) is 11.3 Å². The molecule has 3 amide bonds. The number of fused-ring (bicyclic) bond motifs is 1. The first kappa shape index (κ1) is 28.9. The molecule has 2 fully saturated rings. The highest BCUT2D eigenvalue weighted by atomic mass is 16.5. The monoisotopic (exact) mass is 581 g/mol. The van der Waals surface area contributed by atoms with E-state index in [1.54, 1.807) is 6.07 Å². The Morgan fingerprint density at radius 1 is 0.977 bits per heavy atom. The lowest BCUT2D eigenvalue weighted by molar-refractivity contribution is -0.140. The molecule has 3 aliphatic heterocycles. The number of likely N-dealkylation sites (tertiary alicyclic amines) is 1. The number of carbonyl (C=O) groups is 3. The molecule has 4 heterocycles. The summed E-state index contributed by atoms with van der Waals surface area (Å²) in [5.74, 6) is -0.319. The predicted molar refractivity (Wildman–Crippen MR) is 163 cm³/mol. The standard InChI is InChI=1S/C34H39N5O4/c40-31-29(21-24-9-3-1-4-10-24)36-33(42)34(16-19-43-20-17-34)15-8-7-13-26-23-39(18-14-27(26)35-31)32(41)30-22-28(37-38-30)25-11-5-2-6-12-25/h1-12,22,26-27,29H,13-21,23H2,(H,35,40)(H,36,42)(H,37,38)/b8-7+/t26-,27+,29-/m1/s1. The maximum Gasteiger partial charge on any atom is 0.271 e. The van der Waals surface area contributed by atoms with Gasteiger partial charge in [-0.1, -0.05) is 72.8 Å². The average molecular weight is 582 g/mol. The van der Waals surface area contributed by atoms with E-state index in [1.807, 2.05) is 65.6 Å². The highest BCUT2D eigenvalue weighted by Crippen LogP contribution is 2.36. The maximum absolute atomic E-state index is 13.8. The Morgan fingerprint density at radius 2 is 1.72 bits per heavy atom. The number of amides is 3. The lowest BCUT2D eigenvalue weighted by Gasteiger charge is -2.40. The van der Waals surface area contributed by atoms with Gasteiger partial charge in [0.2, 0.25) is 11.8 Å². The number of carbonyl (C=O) groups excluding carboxylic acids is 3. The van der Waals surface area contributed by atoms with Crippen LogP contribution in [0.5, 0.6) is 0 Å². The molecule has 3 aromatic rings. The third-order valence-electron chi connectivity index (χ3n) is 9.18. The molecule has 9 nitrogen and oxygen atoms in total. The Labute approximate surface area is 252 Å². The molecule has 3 aliphatic rings. The molecule has 2 saturated heterocycles. The minimum atomic E-state index is -0.695. The Morgan fingerprint density at radius 3 is 2.49 bits per heavy atom. The van der Waals surface area contributed by atoms with Gasteiger partial charge in [-0.15, -0.1) is 0 Å². The molecule has 1 aromatic heterocycles. The average Bonchev–Trinajstić information content (AvgIpc) is 3.54. The van der Waals surface area contributed by atoms with E-state index in [2.05, 4.69) is 33.0 Å². The molecule has 0 aliphatic carbocycles. The summed E-state index contributed by atoms with van der Waals surface area (Å²) in [5, 5.41) is 13.7. The SMILES string of the molecule is O=C1N[C@H]2CCN(C(=O)c3cc(-c4ccccc4)n[nH]3)C[C@H]2C/C=C/CC2(CCOCC2)C(=O)N[C@@H]1Cc1ccccc1. The number of piperidine rings is 1. The van der Waals surface area contributed by atoms with E-state index in [-0.39, 0.29) is 29.7 Å². The fourth-order valence-electron chi connectivity index (χ4n) is 6.52. The quantitative estimate of drug-likeness (QED) is 0.404. The smallest absolute Gasteiger partial charge is 0.271 e. The zero-order chi connectivity index (χ0) is 29.6. The first-order chi connectivity index (χ1) is 21.0. The van der Waals surface area contributed by atoms with Crippen LogP contribution in [0.4, 0.5) is 0 Å². The summed E-state index contributed by atoms with van der Waals surface area (Å²) in [5.41, 5.74) is 2.52. The molecule has 0 unspecified atom stereocenters. The summed E-state index contributed by atoms with van der Waals surface area (Å²) in [4.78, 5) is 43.0. The molecule has 3 N–H and O–H groups in total. The Kier molecular flexibility index (Phi) is 8.69. The maximum atomic E-state index is 13.8. The summed E-state index contributed by atoms with van der Waals surface area (Å²) in [7, 11) is 0. The molecule has 0 saturated carbocycles. The first-order valence-corrected chi connectivity index (χ1v) is 15.3. The van der Waals surface area contributed by atoms with Crippen molar-refractivity contribution in [3.63, 3.8) is 0 Å². The van der Waals surface area contributed by atoms with Gasteiger partial charge < -0.3 is 20.3 Å². The molecule has 2 aromatic carbocycles. The van der Waals surface area contributed by atoms with E-state index in [1.165, 1.54) is 0 Å². The highest BCUT2D eigenvalue weighted by Gasteiger charge is 2.42. The second kappa shape index (κ2) is 13.0. The highest BCUT2D eigenvalue weighted by molar-refractivity contribution is 5.93. The van der Waals surface area contributed by atoms with Crippen molar-refractivity contribution < 1.29 is 19.1 Å². The lowest BCUT2D eigenvalue weighted by Crippen LogP contribution is -2.58. The van der Waals surface area contributed by atoms with Gasteiger partial charge in [-0.25, -0.2) is 0 Å². The number of aromatic nitrogens is 2. The van der Waals surface area contributed by atoms with E-state index in [4.69, 9.17) is 4.74 Å².